The Morgan fingerprint density at radius 2 is 1.52 bits per heavy atom. The lowest BCUT2D eigenvalue weighted by atomic mass is 10.1. The molecule has 0 radical (unpaired) electrons. The summed E-state index contributed by atoms with van der Waals surface area (Å²) in [5.74, 6) is 1.63. The fraction of sp³-hybridized carbons (Fsp3) is 0.409. The number of carbonyl (C=O) groups is 1. The highest BCUT2D eigenvalue weighted by atomic mass is 16.5. The highest BCUT2D eigenvalue weighted by molar-refractivity contribution is 5.93. The van der Waals surface area contributed by atoms with Crippen molar-refractivity contribution in [3.63, 3.8) is 0 Å². The number of para-hydroxylation sites is 1. The van der Waals surface area contributed by atoms with E-state index in [-0.39, 0.29) is 5.91 Å². The Hall–Kier alpha value is -2.53. The van der Waals surface area contributed by atoms with Gasteiger partial charge in [0.05, 0.1) is 13.2 Å². The number of hydrogen-bond acceptors (Lipinski definition) is 4. The second-order valence-corrected chi connectivity index (χ2v) is 6.72. The predicted octanol–water partition coefficient (Wildman–Crippen LogP) is 4.04. The molecule has 0 aliphatic heterocycles. The number of carbonyl (C=O) groups excluding carboxylic acids is 1. The zero-order chi connectivity index (χ0) is 19.6. The maximum Gasteiger partial charge on any atom is 0.238 e. The Balaban J connectivity index is 1.72. The molecule has 2 aromatic carbocycles. The van der Waals surface area contributed by atoms with Crippen LogP contribution in [0.25, 0.3) is 0 Å². The second kappa shape index (κ2) is 10.6. The molecule has 0 unspecified atom stereocenters. The number of aryl methyl sites for hydroxylation is 2. The van der Waals surface area contributed by atoms with Crippen LogP contribution >= 0.6 is 0 Å². The number of nitrogens with one attached hydrogen (secondary N) is 1. The van der Waals surface area contributed by atoms with Gasteiger partial charge in [-0.1, -0.05) is 25.1 Å². The molecule has 1 N–H and O–H groups in total. The van der Waals surface area contributed by atoms with Crippen molar-refractivity contribution in [3.8, 4) is 11.5 Å². The van der Waals surface area contributed by atoms with Gasteiger partial charge < -0.3 is 14.8 Å². The van der Waals surface area contributed by atoms with Crippen molar-refractivity contribution in [2.75, 3.05) is 38.7 Å². The number of anilines is 1. The van der Waals surface area contributed by atoms with E-state index in [9.17, 15) is 4.79 Å². The zero-order valence-corrected chi connectivity index (χ0v) is 16.7. The minimum atomic E-state index is -0.0210. The van der Waals surface area contributed by atoms with Gasteiger partial charge in [-0.15, -0.1) is 0 Å². The lowest BCUT2D eigenvalue weighted by molar-refractivity contribution is -0.117. The van der Waals surface area contributed by atoms with Crippen molar-refractivity contribution in [1.29, 1.82) is 0 Å². The van der Waals surface area contributed by atoms with E-state index in [2.05, 4.69) is 12.2 Å². The fourth-order valence-electron chi connectivity index (χ4n) is 2.69. The molecular weight excluding hydrogens is 340 g/mol. The van der Waals surface area contributed by atoms with Crippen LogP contribution in [0.4, 0.5) is 5.69 Å². The molecule has 27 heavy (non-hydrogen) atoms. The number of rotatable bonds is 10. The minimum Gasteiger partial charge on any atom is -0.494 e. The molecule has 2 aromatic rings. The van der Waals surface area contributed by atoms with Crippen LogP contribution in [0, 0.1) is 13.8 Å². The Bertz CT molecular complexity index is 709. The number of nitrogens with zero attached hydrogens (tertiary/aromatic N) is 1. The van der Waals surface area contributed by atoms with E-state index < -0.39 is 0 Å². The molecule has 5 nitrogen and oxygen atoms in total. The van der Waals surface area contributed by atoms with Crippen LogP contribution in [0.5, 0.6) is 11.5 Å². The van der Waals surface area contributed by atoms with Gasteiger partial charge in [-0.05, 0) is 62.7 Å². The summed E-state index contributed by atoms with van der Waals surface area (Å²) in [4.78, 5) is 14.2. The van der Waals surface area contributed by atoms with Crippen molar-refractivity contribution in [2.24, 2.45) is 0 Å². The highest BCUT2D eigenvalue weighted by Crippen LogP contribution is 2.19. The third-order valence-electron chi connectivity index (χ3n) is 4.20. The van der Waals surface area contributed by atoms with Crippen LogP contribution < -0.4 is 14.8 Å². The van der Waals surface area contributed by atoms with Crippen LogP contribution in [0.3, 0.4) is 0 Å². The Kier molecular flexibility index (Phi) is 8.14. The van der Waals surface area contributed by atoms with Crippen LogP contribution in [0.1, 0.15) is 24.5 Å². The van der Waals surface area contributed by atoms with E-state index in [1.165, 1.54) is 0 Å². The van der Waals surface area contributed by atoms with E-state index in [0.29, 0.717) is 19.7 Å². The third kappa shape index (κ3) is 6.94. The van der Waals surface area contributed by atoms with Gasteiger partial charge in [-0.25, -0.2) is 0 Å². The minimum absolute atomic E-state index is 0.0210. The number of benzene rings is 2. The van der Waals surface area contributed by atoms with E-state index >= 15 is 0 Å². The van der Waals surface area contributed by atoms with Gasteiger partial charge in [0, 0.05) is 12.2 Å². The normalized spacial score (nSPS) is 10.7. The molecule has 0 atom stereocenters. The summed E-state index contributed by atoms with van der Waals surface area (Å²) in [6.45, 7) is 8.29. The summed E-state index contributed by atoms with van der Waals surface area (Å²) in [5, 5.41) is 3.01. The molecule has 0 aliphatic rings. The van der Waals surface area contributed by atoms with E-state index in [4.69, 9.17) is 9.47 Å². The SMILES string of the molecule is CCCOc1ccc(OCCN(C)CC(=O)Nc2c(C)cccc2C)cc1. The predicted molar refractivity (Wildman–Crippen MR) is 110 cm³/mol. The van der Waals surface area contributed by atoms with Crippen LogP contribution in [-0.4, -0.2) is 44.2 Å². The number of likely N-dealkylation sites (N-methyl/N-ethyl adjacent to an activating group) is 1. The molecule has 0 aliphatic carbocycles. The average Bonchev–Trinajstić information content (AvgIpc) is 2.64. The van der Waals surface area contributed by atoms with E-state index in [1.807, 2.05) is 68.3 Å². The third-order valence-corrected chi connectivity index (χ3v) is 4.20. The molecule has 146 valence electrons. The molecule has 0 saturated carbocycles. The molecule has 0 bridgehead atoms. The van der Waals surface area contributed by atoms with E-state index in [0.717, 1.165) is 41.3 Å². The Morgan fingerprint density at radius 1 is 0.963 bits per heavy atom. The number of ether oxygens (including phenoxy) is 2. The molecule has 0 aromatic heterocycles. The largest absolute Gasteiger partial charge is 0.494 e. The van der Waals surface area contributed by atoms with Gasteiger partial charge in [0.25, 0.3) is 0 Å². The van der Waals surface area contributed by atoms with Crippen molar-refractivity contribution in [3.05, 3.63) is 53.6 Å². The standard InChI is InChI=1S/C22H30N2O3/c1-5-14-26-19-9-11-20(12-10-19)27-15-13-24(4)16-21(25)23-22-17(2)7-6-8-18(22)3/h6-12H,5,13-16H2,1-4H3,(H,23,25). The lowest BCUT2D eigenvalue weighted by Crippen LogP contribution is -2.33. The maximum absolute atomic E-state index is 12.3. The fourth-order valence-corrected chi connectivity index (χ4v) is 2.69. The van der Waals surface area contributed by atoms with Gasteiger partial charge in [0.1, 0.15) is 18.1 Å². The second-order valence-electron chi connectivity index (χ2n) is 6.72. The molecule has 0 fully saturated rings. The van der Waals surface area contributed by atoms with Gasteiger partial charge >= 0.3 is 0 Å². The topological polar surface area (TPSA) is 50.8 Å². The zero-order valence-electron chi connectivity index (χ0n) is 16.7. The molecular formula is C22H30N2O3. The van der Waals surface area contributed by atoms with Crippen molar-refractivity contribution in [1.82, 2.24) is 4.90 Å². The monoisotopic (exact) mass is 370 g/mol. The van der Waals surface area contributed by atoms with Gasteiger partial charge in [0.2, 0.25) is 5.91 Å². The first kappa shape index (κ1) is 20.8. The van der Waals surface area contributed by atoms with Crippen LogP contribution in [-0.2, 0) is 4.79 Å². The molecule has 2 rings (SSSR count). The summed E-state index contributed by atoms with van der Waals surface area (Å²) < 4.78 is 11.3. The van der Waals surface area contributed by atoms with E-state index in [1.54, 1.807) is 0 Å². The summed E-state index contributed by atoms with van der Waals surface area (Å²) in [7, 11) is 1.91. The Labute approximate surface area is 162 Å². The summed E-state index contributed by atoms with van der Waals surface area (Å²) in [6, 6.07) is 13.6. The van der Waals surface area contributed by atoms with Crippen LogP contribution in [0.15, 0.2) is 42.5 Å². The number of hydrogen-bond donors (Lipinski definition) is 1. The van der Waals surface area contributed by atoms with Gasteiger partial charge in [0.15, 0.2) is 0 Å². The maximum atomic E-state index is 12.3. The number of amides is 1. The summed E-state index contributed by atoms with van der Waals surface area (Å²) >= 11 is 0. The molecule has 1 amide bonds. The highest BCUT2D eigenvalue weighted by Gasteiger charge is 2.10. The van der Waals surface area contributed by atoms with Crippen molar-refractivity contribution in [2.45, 2.75) is 27.2 Å². The molecule has 5 heteroatoms. The van der Waals surface area contributed by atoms with Crippen molar-refractivity contribution < 1.29 is 14.3 Å². The molecule has 0 saturated heterocycles. The van der Waals surface area contributed by atoms with Crippen molar-refractivity contribution >= 4 is 11.6 Å². The summed E-state index contributed by atoms with van der Waals surface area (Å²) in [6.07, 6.45) is 0.988. The molecule has 0 spiro atoms. The van der Waals surface area contributed by atoms with Crippen LogP contribution in [0.2, 0.25) is 0 Å². The lowest BCUT2D eigenvalue weighted by Gasteiger charge is -2.18. The van der Waals surface area contributed by atoms with Gasteiger partial charge in [-0.2, -0.15) is 0 Å². The average molecular weight is 370 g/mol. The smallest absolute Gasteiger partial charge is 0.238 e. The Morgan fingerprint density at radius 3 is 2.07 bits per heavy atom. The summed E-state index contributed by atoms with van der Waals surface area (Å²) in [5.41, 5.74) is 3.04. The molecule has 0 heterocycles. The quantitative estimate of drug-likeness (QED) is 0.686. The first-order chi connectivity index (χ1) is 13.0. The first-order valence-corrected chi connectivity index (χ1v) is 9.40. The first-order valence-electron chi connectivity index (χ1n) is 9.40. The van der Waals surface area contributed by atoms with Gasteiger partial charge in [-0.3, -0.25) is 9.69 Å².